The highest BCUT2D eigenvalue weighted by atomic mass is 35.5. The van der Waals surface area contributed by atoms with E-state index in [4.69, 9.17) is 21.1 Å². The number of halogens is 1. The first-order valence-corrected chi connectivity index (χ1v) is 6.50. The second-order valence-electron chi connectivity index (χ2n) is 3.80. The van der Waals surface area contributed by atoms with E-state index in [2.05, 4.69) is 25.8 Å². The van der Waals surface area contributed by atoms with Crippen LogP contribution in [-0.2, 0) is 9.47 Å². The van der Waals surface area contributed by atoms with Crippen molar-refractivity contribution in [1.82, 2.24) is 20.4 Å². The largest absolute Gasteiger partial charge is 0.449 e. The van der Waals surface area contributed by atoms with Gasteiger partial charge in [-0.05, 0) is 18.5 Å². The molecule has 0 aromatic carbocycles. The van der Waals surface area contributed by atoms with Gasteiger partial charge in [0.25, 0.3) is 0 Å². The molecule has 0 saturated carbocycles. The number of rotatable bonds is 4. The molecule has 2 rings (SSSR count). The Hall–Kier alpha value is -1.87. The van der Waals surface area contributed by atoms with Gasteiger partial charge in [-0.1, -0.05) is 0 Å². The summed E-state index contributed by atoms with van der Waals surface area (Å²) in [5.74, 6) is 0.570. The van der Waals surface area contributed by atoms with Crippen molar-refractivity contribution in [3.63, 3.8) is 0 Å². The zero-order chi connectivity index (χ0) is 14.4. The van der Waals surface area contributed by atoms with Crippen LogP contribution < -0.4 is 15.8 Å². The number of carbonyl (C=O) groups is 1. The Labute approximate surface area is 120 Å². The number of amides is 1. The minimum atomic E-state index is -0.628. The van der Waals surface area contributed by atoms with E-state index in [0.717, 1.165) is 0 Å². The van der Waals surface area contributed by atoms with Gasteiger partial charge in [0.2, 0.25) is 17.2 Å². The molecule has 0 unspecified atom stereocenters. The SMILES string of the molecule is CCOC(=O)NNc1nc(Cl)nc(N2CCOCC2)n1. The van der Waals surface area contributed by atoms with Gasteiger partial charge >= 0.3 is 6.09 Å². The average molecular weight is 303 g/mol. The van der Waals surface area contributed by atoms with Crippen LogP contribution in [0, 0.1) is 0 Å². The van der Waals surface area contributed by atoms with Crippen molar-refractivity contribution in [2.75, 3.05) is 43.2 Å². The first-order chi connectivity index (χ1) is 9.69. The van der Waals surface area contributed by atoms with Crippen molar-refractivity contribution in [3.8, 4) is 0 Å². The van der Waals surface area contributed by atoms with Crippen molar-refractivity contribution in [2.45, 2.75) is 6.92 Å². The van der Waals surface area contributed by atoms with Crippen LogP contribution in [0.25, 0.3) is 0 Å². The maximum Gasteiger partial charge on any atom is 0.426 e. The number of hydrogen-bond acceptors (Lipinski definition) is 8. The van der Waals surface area contributed by atoms with Crippen LogP contribution in [0.2, 0.25) is 5.28 Å². The molecular formula is C10H15ClN6O3. The molecule has 1 aromatic heterocycles. The first kappa shape index (κ1) is 14.5. The Balaban J connectivity index is 2.02. The highest BCUT2D eigenvalue weighted by Crippen LogP contribution is 2.14. The van der Waals surface area contributed by atoms with Crippen LogP contribution in [0.4, 0.5) is 16.7 Å². The first-order valence-electron chi connectivity index (χ1n) is 6.12. The Morgan fingerprint density at radius 1 is 1.40 bits per heavy atom. The fourth-order valence-corrected chi connectivity index (χ4v) is 1.73. The molecule has 0 spiro atoms. The maximum absolute atomic E-state index is 11.2. The van der Waals surface area contributed by atoms with E-state index in [1.54, 1.807) is 6.92 Å². The molecule has 20 heavy (non-hydrogen) atoms. The van der Waals surface area contributed by atoms with E-state index in [-0.39, 0.29) is 17.8 Å². The van der Waals surface area contributed by atoms with Crippen LogP contribution in [0.3, 0.4) is 0 Å². The fraction of sp³-hybridized carbons (Fsp3) is 0.600. The molecule has 110 valence electrons. The predicted octanol–water partition coefficient (Wildman–Crippen LogP) is 0.435. The minimum absolute atomic E-state index is 0.0367. The Kier molecular flexibility index (Phi) is 5.13. The van der Waals surface area contributed by atoms with Crippen LogP contribution in [0.1, 0.15) is 6.92 Å². The number of ether oxygens (including phenoxy) is 2. The van der Waals surface area contributed by atoms with E-state index in [9.17, 15) is 4.79 Å². The van der Waals surface area contributed by atoms with Crippen molar-refractivity contribution < 1.29 is 14.3 Å². The van der Waals surface area contributed by atoms with Gasteiger partial charge in [0.15, 0.2) is 0 Å². The number of nitrogens with one attached hydrogen (secondary N) is 2. The predicted molar refractivity (Wildman–Crippen MR) is 71.6 cm³/mol. The molecule has 1 fully saturated rings. The summed E-state index contributed by atoms with van der Waals surface area (Å²) in [7, 11) is 0. The fourth-order valence-electron chi connectivity index (χ4n) is 1.57. The van der Waals surface area contributed by atoms with E-state index >= 15 is 0 Å². The minimum Gasteiger partial charge on any atom is -0.449 e. The third-order valence-corrected chi connectivity index (χ3v) is 2.61. The molecule has 0 radical (unpaired) electrons. The molecule has 1 aromatic rings. The lowest BCUT2D eigenvalue weighted by Gasteiger charge is -2.26. The average Bonchev–Trinajstić information content (AvgIpc) is 2.46. The molecule has 2 N–H and O–H groups in total. The molecule has 2 heterocycles. The van der Waals surface area contributed by atoms with Gasteiger partial charge in [-0.2, -0.15) is 15.0 Å². The van der Waals surface area contributed by atoms with Crippen LogP contribution >= 0.6 is 11.6 Å². The number of anilines is 2. The van der Waals surface area contributed by atoms with Crippen molar-refractivity contribution in [1.29, 1.82) is 0 Å². The van der Waals surface area contributed by atoms with Crippen molar-refractivity contribution >= 4 is 29.6 Å². The summed E-state index contributed by atoms with van der Waals surface area (Å²) in [5, 5.41) is 0.0367. The molecule has 1 aliphatic rings. The van der Waals surface area contributed by atoms with E-state index in [1.807, 2.05) is 4.90 Å². The number of hydrazine groups is 1. The number of nitrogens with zero attached hydrogens (tertiary/aromatic N) is 4. The van der Waals surface area contributed by atoms with Crippen molar-refractivity contribution in [3.05, 3.63) is 5.28 Å². The zero-order valence-corrected chi connectivity index (χ0v) is 11.7. The quantitative estimate of drug-likeness (QED) is 0.772. The lowest BCUT2D eigenvalue weighted by molar-refractivity contribution is 0.122. The number of morpholine rings is 1. The molecule has 0 bridgehead atoms. The second-order valence-corrected chi connectivity index (χ2v) is 4.14. The summed E-state index contributed by atoms with van der Waals surface area (Å²) >= 11 is 5.84. The third kappa shape index (κ3) is 4.07. The van der Waals surface area contributed by atoms with Gasteiger partial charge in [0, 0.05) is 13.1 Å². The number of aromatic nitrogens is 3. The monoisotopic (exact) mass is 302 g/mol. The molecule has 0 aliphatic carbocycles. The van der Waals surface area contributed by atoms with Gasteiger partial charge in [-0.15, -0.1) is 0 Å². The number of carbonyl (C=O) groups excluding carboxylic acids is 1. The lowest BCUT2D eigenvalue weighted by Crippen LogP contribution is -2.38. The highest BCUT2D eigenvalue weighted by molar-refractivity contribution is 6.28. The summed E-state index contributed by atoms with van der Waals surface area (Å²) in [4.78, 5) is 25.2. The standard InChI is InChI=1S/C10H15ClN6O3/c1-2-20-10(18)16-15-8-12-7(11)13-9(14-8)17-3-5-19-6-4-17/h2-6H2,1H3,(H,16,18)(H,12,13,14,15). The van der Waals surface area contributed by atoms with Gasteiger partial charge in [0.05, 0.1) is 19.8 Å². The van der Waals surface area contributed by atoms with Gasteiger partial charge in [0.1, 0.15) is 0 Å². The van der Waals surface area contributed by atoms with Gasteiger partial charge < -0.3 is 14.4 Å². The summed E-state index contributed by atoms with van der Waals surface area (Å²) in [6.45, 7) is 4.52. The van der Waals surface area contributed by atoms with E-state index < -0.39 is 6.09 Å². The summed E-state index contributed by atoms with van der Waals surface area (Å²) in [6.07, 6.45) is -0.628. The van der Waals surface area contributed by atoms with E-state index in [1.165, 1.54) is 0 Å². The Morgan fingerprint density at radius 2 is 2.15 bits per heavy atom. The van der Waals surface area contributed by atoms with E-state index in [0.29, 0.717) is 32.3 Å². The molecule has 0 atom stereocenters. The molecule has 1 saturated heterocycles. The highest BCUT2D eigenvalue weighted by Gasteiger charge is 2.16. The molecule has 10 heteroatoms. The lowest BCUT2D eigenvalue weighted by atomic mass is 10.4. The van der Waals surface area contributed by atoms with Crippen LogP contribution in [-0.4, -0.2) is 54.0 Å². The zero-order valence-electron chi connectivity index (χ0n) is 10.9. The van der Waals surface area contributed by atoms with Gasteiger partial charge in [-0.3, -0.25) is 5.43 Å². The molecular weight excluding hydrogens is 288 g/mol. The molecule has 1 aliphatic heterocycles. The van der Waals surface area contributed by atoms with Crippen molar-refractivity contribution in [2.24, 2.45) is 0 Å². The maximum atomic E-state index is 11.2. The van der Waals surface area contributed by atoms with Crippen LogP contribution in [0.5, 0.6) is 0 Å². The second kappa shape index (κ2) is 7.06. The number of hydrogen-bond donors (Lipinski definition) is 2. The summed E-state index contributed by atoms with van der Waals surface area (Å²) < 4.78 is 9.95. The normalized spacial score (nSPS) is 14.8. The smallest absolute Gasteiger partial charge is 0.426 e. The summed E-state index contributed by atoms with van der Waals surface area (Å²) in [5.41, 5.74) is 4.81. The molecule has 1 amide bonds. The third-order valence-electron chi connectivity index (χ3n) is 2.44. The van der Waals surface area contributed by atoms with Gasteiger partial charge in [-0.25, -0.2) is 10.2 Å². The summed E-state index contributed by atoms with van der Waals surface area (Å²) in [6, 6.07) is 0. The van der Waals surface area contributed by atoms with Crippen LogP contribution in [0.15, 0.2) is 0 Å². The molecule has 9 nitrogen and oxygen atoms in total. The Bertz CT molecular complexity index is 468. The Morgan fingerprint density at radius 3 is 2.85 bits per heavy atom. The topological polar surface area (TPSA) is 102 Å².